The van der Waals surface area contributed by atoms with Gasteiger partial charge in [0.15, 0.2) is 5.96 Å². The van der Waals surface area contributed by atoms with Crippen LogP contribution in [0.1, 0.15) is 18.4 Å². The van der Waals surface area contributed by atoms with Crippen LogP contribution in [0.25, 0.3) is 0 Å². The van der Waals surface area contributed by atoms with Crippen molar-refractivity contribution < 1.29 is 0 Å². The number of nitrogens with one attached hydrogen (secondary N) is 2. The molecule has 4 nitrogen and oxygen atoms in total. The molecule has 1 aromatic carbocycles. The van der Waals surface area contributed by atoms with Crippen LogP contribution in [0.3, 0.4) is 0 Å². The molecule has 0 bridgehead atoms. The molecule has 0 aromatic heterocycles. The molecule has 0 amide bonds. The van der Waals surface area contributed by atoms with E-state index in [4.69, 9.17) is 11.6 Å². The Morgan fingerprint density at radius 1 is 1.30 bits per heavy atom. The molecule has 0 saturated heterocycles. The molecule has 1 aromatic rings. The normalized spacial score (nSPS) is 16.0. The lowest BCUT2D eigenvalue weighted by atomic mass is 10.1. The first-order valence-corrected chi connectivity index (χ1v) is 8.34. The summed E-state index contributed by atoms with van der Waals surface area (Å²) in [5.41, 5.74) is 1.16. The highest BCUT2D eigenvalue weighted by Crippen LogP contribution is 2.34. The molecule has 6 heteroatoms. The predicted molar refractivity (Wildman–Crippen MR) is 110 cm³/mol. The lowest BCUT2D eigenvalue weighted by molar-refractivity contribution is 0.264. The average molecular weight is 451 g/mol. The van der Waals surface area contributed by atoms with Crippen molar-refractivity contribution in [2.75, 3.05) is 34.2 Å². The van der Waals surface area contributed by atoms with Crippen LogP contribution >= 0.6 is 35.6 Å². The van der Waals surface area contributed by atoms with Gasteiger partial charge in [-0.2, -0.15) is 0 Å². The van der Waals surface area contributed by atoms with Gasteiger partial charge in [-0.25, -0.2) is 0 Å². The summed E-state index contributed by atoms with van der Waals surface area (Å²) in [6, 6.07) is 8.56. The van der Waals surface area contributed by atoms with Gasteiger partial charge >= 0.3 is 0 Å². The van der Waals surface area contributed by atoms with E-state index in [2.05, 4.69) is 40.7 Å². The number of guanidine groups is 1. The zero-order valence-electron chi connectivity index (χ0n) is 14.2. The van der Waals surface area contributed by atoms with E-state index in [9.17, 15) is 0 Å². The van der Waals surface area contributed by atoms with Crippen molar-refractivity contribution in [3.63, 3.8) is 0 Å². The number of hydrogen-bond acceptors (Lipinski definition) is 2. The van der Waals surface area contributed by atoms with Crippen LogP contribution in [0, 0.1) is 5.92 Å². The minimum absolute atomic E-state index is 0. The van der Waals surface area contributed by atoms with Crippen molar-refractivity contribution in [2.24, 2.45) is 10.9 Å². The maximum absolute atomic E-state index is 6.17. The topological polar surface area (TPSA) is 39.7 Å². The maximum Gasteiger partial charge on any atom is 0.191 e. The summed E-state index contributed by atoms with van der Waals surface area (Å²) in [7, 11) is 6.11. The van der Waals surface area contributed by atoms with E-state index in [1.54, 1.807) is 0 Å². The molecule has 2 N–H and O–H groups in total. The predicted octanol–water partition coefficient (Wildman–Crippen LogP) is 3.01. The third-order valence-corrected chi connectivity index (χ3v) is 4.55. The van der Waals surface area contributed by atoms with E-state index in [1.807, 2.05) is 25.2 Å². The summed E-state index contributed by atoms with van der Waals surface area (Å²) in [6.45, 7) is 1.75. The number of rotatable bonds is 7. The van der Waals surface area contributed by atoms with Gasteiger partial charge < -0.3 is 15.5 Å². The Balaban J connectivity index is 0.00000264. The first kappa shape index (κ1) is 20.5. The van der Waals surface area contributed by atoms with Crippen LogP contribution < -0.4 is 10.6 Å². The Morgan fingerprint density at radius 3 is 2.57 bits per heavy atom. The zero-order valence-corrected chi connectivity index (χ0v) is 17.3. The Labute approximate surface area is 162 Å². The summed E-state index contributed by atoms with van der Waals surface area (Å²) < 4.78 is 0. The van der Waals surface area contributed by atoms with Crippen molar-refractivity contribution in [2.45, 2.75) is 25.3 Å². The Hall–Kier alpha value is -0.530. The lowest BCUT2D eigenvalue weighted by Crippen LogP contribution is -2.46. The number of benzene rings is 1. The van der Waals surface area contributed by atoms with E-state index in [1.165, 1.54) is 12.8 Å². The highest BCUT2D eigenvalue weighted by Gasteiger charge is 2.32. The molecular formula is C17H28ClIN4. The second kappa shape index (κ2) is 10.4. The summed E-state index contributed by atoms with van der Waals surface area (Å²) in [4.78, 5) is 6.60. The maximum atomic E-state index is 6.17. The SMILES string of the molecule is CN=C(NCCc1ccccc1Cl)NCC(C1CC1)N(C)C.I. The van der Waals surface area contributed by atoms with Crippen LogP contribution in [0.2, 0.25) is 5.02 Å². The molecule has 0 radical (unpaired) electrons. The third kappa shape index (κ3) is 6.85. The molecule has 2 rings (SSSR count). The van der Waals surface area contributed by atoms with Gasteiger partial charge in [0.05, 0.1) is 0 Å². The number of aliphatic imine (C=N–C) groups is 1. The first-order valence-electron chi connectivity index (χ1n) is 7.96. The van der Waals surface area contributed by atoms with E-state index in [-0.39, 0.29) is 24.0 Å². The van der Waals surface area contributed by atoms with Crippen molar-refractivity contribution in [3.05, 3.63) is 34.9 Å². The second-order valence-corrected chi connectivity index (χ2v) is 6.50. The second-order valence-electron chi connectivity index (χ2n) is 6.09. The summed E-state index contributed by atoms with van der Waals surface area (Å²) in [5, 5.41) is 7.63. The number of halogens is 2. The van der Waals surface area contributed by atoms with Gasteiger partial charge in [0.1, 0.15) is 0 Å². The number of nitrogens with zero attached hydrogens (tertiary/aromatic N) is 2. The van der Waals surface area contributed by atoms with Gasteiger partial charge in [-0.15, -0.1) is 24.0 Å². The fraction of sp³-hybridized carbons (Fsp3) is 0.588. The number of hydrogen-bond donors (Lipinski definition) is 2. The third-order valence-electron chi connectivity index (χ3n) is 4.18. The van der Waals surface area contributed by atoms with E-state index >= 15 is 0 Å². The van der Waals surface area contributed by atoms with Crippen molar-refractivity contribution in [1.82, 2.24) is 15.5 Å². The standard InChI is InChI=1S/C17H27ClN4.HI/c1-19-17(21-12-16(22(2)3)14-8-9-14)20-11-10-13-6-4-5-7-15(13)18;/h4-7,14,16H,8-12H2,1-3H3,(H2,19,20,21);1H. The van der Waals surface area contributed by atoms with E-state index in [0.29, 0.717) is 6.04 Å². The van der Waals surface area contributed by atoms with E-state index < -0.39 is 0 Å². The first-order chi connectivity index (χ1) is 10.6. The van der Waals surface area contributed by atoms with Crippen molar-refractivity contribution in [1.29, 1.82) is 0 Å². The van der Waals surface area contributed by atoms with Crippen LogP contribution in [0.4, 0.5) is 0 Å². The van der Waals surface area contributed by atoms with Gasteiger partial charge in [0.2, 0.25) is 0 Å². The molecular weight excluding hydrogens is 423 g/mol. The van der Waals surface area contributed by atoms with Crippen molar-refractivity contribution in [3.8, 4) is 0 Å². The minimum atomic E-state index is 0. The molecule has 1 atom stereocenters. The van der Waals surface area contributed by atoms with Gasteiger partial charge in [0, 0.05) is 31.2 Å². The Bertz CT molecular complexity index is 501. The molecule has 1 aliphatic carbocycles. The molecule has 1 unspecified atom stereocenters. The van der Waals surface area contributed by atoms with Crippen LogP contribution in [0.15, 0.2) is 29.3 Å². The van der Waals surface area contributed by atoms with Gasteiger partial charge in [-0.3, -0.25) is 4.99 Å². The highest BCUT2D eigenvalue weighted by atomic mass is 127. The summed E-state index contributed by atoms with van der Waals surface area (Å²) in [6.07, 6.45) is 3.59. The smallest absolute Gasteiger partial charge is 0.191 e. The molecule has 0 spiro atoms. The average Bonchev–Trinajstić information content (AvgIpc) is 3.32. The summed E-state index contributed by atoms with van der Waals surface area (Å²) in [5.74, 6) is 1.70. The molecule has 0 aliphatic heterocycles. The monoisotopic (exact) mass is 450 g/mol. The molecule has 0 heterocycles. The highest BCUT2D eigenvalue weighted by molar-refractivity contribution is 14.0. The fourth-order valence-electron chi connectivity index (χ4n) is 2.69. The fourth-order valence-corrected chi connectivity index (χ4v) is 2.92. The Kier molecular flexibility index (Phi) is 9.24. The molecule has 130 valence electrons. The number of likely N-dealkylation sites (N-methyl/N-ethyl adjacent to an activating group) is 1. The molecule has 1 aliphatic rings. The molecule has 1 saturated carbocycles. The molecule has 23 heavy (non-hydrogen) atoms. The quantitative estimate of drug-likeness (QED) is 0.381. The Morgan fingerprint density at radius 2 is 2.00 bits per heavy atom. The van der Waals surface area contributed by atoms with Crippen LogP contribution in [-0.4, -0.2) is 51.1 Å². The van der Waals surface area contributed by atoms with Gasteiger partial charge in [-0.1, -0.05) is 29.8 Å². The lowest BCUT2D eigenvalue weighted by Gasteiger charge is -2.25. The van der Waals surface area contributed by atoms with Gasteiger partial charge in [0.25, 0.3) is 0 Å². The summed E-state index contributed by atoms with van der Waals surface area (Å²) >= 11 is 6.17. The van der Waals surface area contributed by atoms with E-state index in [0.717, 1.165) is 42.0 Å². The molecule has 1 fully saturated rings. The van der Waals surface area contributed by atoms with Gasteiger partial charge in [-0.05, 0) is 50.9 Å². The van der Waals surface area contributed by atoms with Crippen molar-refractivity contribution >= 4 is 41.5 Å². The van der Waals surface area contributed by atoms with Crippen LogP contribution in [-0.2, 0) is 6.42 Å². The zero-order chi connectivity index (χ0) is 15.9. The largest absolute Gasteiger partial charge is 0.356 e. The minimum Gasteiger partial charge on any atom is -0.356 e. The van der Waals surface area contributed by atoms with Crippen LogP contribution in [0.5, 0.6) is 0 Å².